The van der Waals surface area contributed by atoms with Crippen LogP contribution in [-0.4, -0.2) is 15.4 Å². The number of benzene rings is 2. The summed E-state index contributed by atoms with van der Waals surface area (Å²) in [6, 6.07) is 18.8. The first-order chi connectivity index (χ1) is 12.3. The molecule has 0 aliphatic heterocycles. The molecule has 2 rings (SSSR count). The highest BCUT2D eigenvalue weighted by Gasteiger charge is 2.36. The minimum absolute atomic E-state index is 0.00913. The molecular weight excluding hydrogens is 342 g/mol. The molecule has 0 saturated heterocycles. The van der Waals surface area contributed by atoms with Gasteiger partial charge in [0.15, 0.2) is 0 Å². The Morgan fingerprint density at radius 2 is 1.73 bits per heavy atom. The van der Waals surface area contributed by atoms with Crippen molar-refractivity contribution in [2.45, 2.75) is 63.9 Å². The smallest absolute Gasteiger partial charge is 0.140 e. The van der Waals surface area contributed by atoms with Crippen LogP contribution in [0, 0.1) is 0 Å². The molecule has 0 aliphatic rings. The van der Waals surface area contributed by atoms with E-state index in [1.807, 2.05) is 32.0 Å². The summed E-state index contributed by atoms with van der Waals surface area (Å²) in [7, 11) is 0. The SMILES string of the molecule is CCc1cccc([C@H](CC(C)(C)[S+](N)[O-])[C@H](C)OCc2ccccc2)c1. The van der Waals surface area contributed by atoms with Crippen LogP contribution in [0.25, 0.3) is 0 Å². The second-order valence-electron chi connectivity index (χ2n) is 7.47. The summed E-state index contributed by atoms with van der Waals surface area (Å²) in [6.45, 7) is 8.75. The third kappa shape index (κ3) is 5.85. The van der Waals surface area contributed by atoms with E-state index in [1.165, 1.54) is 11.1 Å². The van der Waals surface area contributed by atoms with E-state index in [-0.39, 0.29) is 12.0 Å². The fourth-order valence-corrected chi connectivity index (χ4v) is 3.47. The first kappa shape index (κ1) is 21.0. The van der Waals surface area contributed by atoms with Crippen molar-refractivity contribution < 1.29 is 9.29 Å². The molecule has 1 unspecified atom stereocenters. The van der Waals surface area contributed by atoms with Crippen LogP contribution in [0.3, 0.4) is 0 Å². The molecule has 0 spiro atoms. The summed E-state index contributed by atoms with van der Waals surface area (Å²) in [4.78, 5) is 0. The number of ether oxygens (including phenoxy) is 1. The Labute approximate surface area is 161 Å². The van der Waals surface area contributed by atoms with Crippen LogP contribution in [-0.2, 0) is 29.1 Å². The molecule has 3 nitrogen and oxygen atoms in total. The van der Waals surface area contributed by atoms with E-state index < -0.39 is 16.1 Å². The topological polar surface area (TPSA) is 58.3 Å². The first-order valence-corrected chi connectivity index (χ1v) is 10.5. The van der Waals surface area contributed by atoms with Gasteiger partial charge < -0.3 is 9.29 Å². The van der Waals surface area contributed by atoms with Crippen molar-refractivity contribution in [1.29, 1.82) is 0 Å². The molecule has 0 heterocycles. The number of nitrogens with two attached hydrogens (primary N) is 1. The molecule has 2 N–H and O–H groups in total. The quantitative estimate of drug-likeness (QED) is 0.647. The summed E-state index contributed by atoms with van der Waals surface area (Å²) in [6.07, 6.45) is 1.69. The highest BCUT2D eigenvalue weighted by molar-refractivity contribution is 7.90. The van der Waals surface area contributed by atoms with Crippen LogP contribution >= 0.6 is 0 Å². The van der Waals surface area contributed by atoms with Gasteiger partial charge in [0.05, 0.1) is 12.7 Å². The van der Waals surface area contributed by atoms with E-state index in [0.717, 1.165) is 12.0 Å². The van der Waals surface area contributed by atoms with E-state index in [0.29, 0.717) is 13.0 Å². The van der Waals surface area contributed by atoms with Crippen molar-refractivity contribution in [2.75, 3.05) is 0 Å². The maximum absolute atomic E-state index is 12.0. The first-order valence-electron chi connectivity index (χ1n) is 9.24. The second-order valence-corrected chi connectivity index (χ2v) is 9.17. The van der Waals surface area contributed by atoms with Crippen molar-refractivity contribution in [3.05, 3.63) is 71.3 Å². The summed E-state index contributed by atoms with van der Waals surface area (Å²) < 4.78 is 17.7. The van der Waals surface area contributed by atoms with Crippen LogP contribution in [0.1, 0.15) is 56.7 Å². The molecule has 0 aromatic heterocycles. The molecule has 0 bridgehead atoms. The van der Waals surface area contributed by atoms with Gasteiger partial charge in [-0.3, -0.25) is 0 Å². The summed E-state index contributed by atoms with van der Waals surface area (Å²) >= 11 is -1.39. The Morgan fingerprint density at radius 1 is 1.08 bits per heavy atom. The van der Waals surface area contributed by atoms with E-state index in [4.69, 9.17) is 9.88 Å². The van der Waals surface area contributed by atoms with Gasteiger partial charge >= 0.3 is 0 Å². The lowest BCUT2D eigenvalue weighted by molar-refractivity contribution is 0.0306. The van der Waals surface area contributed by atoms with Gasteiger partial charge in [0.25, 0.3) is 0 Å². The normalized spacial score (nSPS) is 15.5. The number of aryl methyl sites for hydroxylation is 1. The molecule has 0 saturated carbocycles. The Bertz CT molecular complexity index is 673. The van der Waals surface area contributed by atoms with Crippen molar-refractivity contribution in [3.8, 4) is 0 Å². The van der Waals surface area contributed by atoms with Crippen LogP contribution in [0.2, 0.25) is 0 Å². The lowest BCUT2D eigenvalue weighted by atomic mass is 9.85. The van der Waals surface area contributed by atoms with Gasteiger partial charge in [-0.2, -0.15) is 5.14 Å². The van der Waals surface area contributed by atoms with Crippen LogP contribution in [0.5, 0.6) is 0 Å². The molecule has 0 aliphatic carbocycles. The predicted molar refractivity (Wildman–Crippen MR) is 110 cm³/mol. The van der Waals surface area contributed by atoms with E-state index in [1.54, 1.807) is 0 Å². The predicted octanol–water partition coefficient (Wildman–Crippen LogP) is 4.73. The van der Waals surface area contributed by atoms with Crippen molar-refractivity contribution >= 4 is 11.4 Å². The van der Waals surface area contributed by atoms with Crippen molar-refractivity contribution in [3.63, 3.8) is 0 Å². The van der Waals surface area contributed by atoms with Gasteiger partial charge in [-0.05, 0) is 43.9 Å². The van der Waals surface area contributed by atoms with E-state index in [2.05, 4.69) is 50.2 Å². The average Bonchev–Trinajstić information content (AvgIpc) is 2.65. The third-order valence-corrected chi connectivity index (χ3v) is 6.22. The highest BCUT2D eigenvalue weighted by Crippen LogP contribution is 2.34. The minimum atomic E-state index is -1.39. The molecule has 142 valence electrons. The summed E-state index contributed by atoms with van der Waals surface area (Å²) in [5.74, 6) is 0.132. The minimum Gasteiger partial charge on any atom is -0.598 e. The lowest BCUT2D eigenvalue weighted by Gasteiger charge is -2.32. The molecular formula is C22H31NO2S. The maximum atomic E-state index is 12.0. The van der Waals surface area contributed by atoms with Crippen molar-refractivity contribution in [1.82, 2.24) is 0 Å². The fourth-order valence-electron chi connectivity index (χ4n) is 3.13. The Balaban J connectivity index is 2.21. The number of rotatable bonds is 9. The zero-order valence-electron chi connectivity index (χ0n) is 16.3. The van der Waals surface area contributed by atoms with Gasteiger partial charge in [-0.15, -0.1) is 0 Å². The standard InChI is InChI=1S/C22H31NO2S/c1-5-18-12-9-13-20(14-18)21(15-22(3,4)26(23)24)17(2)25-16-19-10-7-6-8-11-19/h6-14,17,21H,5,15-16,23H2,1-4H3/t17-,21+,26?/m0/s1. The largest absolute Gasteiger partial charge is 0.598 e. The monoisotopic (exact) mass is 373 g/mol. The Kier molecular flexibility index (Phi) is 7.71. The Morgan fingerprint density at radius 3 is 2.35 bits per heavy atom. The zero-order chi connectivity index (χ0) is 19.2. The number of hydrogen-bond acceptors (Lipinski definition) is 3. The molecule has 2 aromatic carbocycles. The zero-order valence-corrected chi connectivity index (χ0v) is 17.1. The van der Waals surface area contributed by atoms with Gasteiger partial charge in [-0.25, -0.2) is 0 Å². The number of hydrogen-bond donors (Lipinski definition) is 1. The fraction of sp³-hybridized carbons (Fsp3) is 0.455. The molecule has 3 atom stereocenters. The van der Waals surface area contributed by atoms with Gasteiger partial charge in [0.1, 0.15) is 4.75 Å². The lowest BCUT2D eigenvalue weighted by Crippen LogP contribution is -2.40. The molecule has 4 heteroatoms. The van der Waals surface area contributed by atoms with Crippen molar-refractivity contribution in [2.24, 2.45) is 5.14 Å². The molecule has 0 radical (unpaired) electrons. The molecule has 0 amide bonds. The second kappa shape index (κ2) is 9.56. The van der Waals surface area contributed by atoms with Crippen LogP contribution in [0.4, 0.5) is 0 Å². The Hall–Kier alpha value is -1.33. The van der Waals surface area contributed by atoms with Crippen LogP contribution in [0.15, 0.2) is 54.6 Å². The molecule has 0 fully saturated rings. The maximum Gasteiger partial charge on any atom is 0.140 e. The van der Waals surface area contributed by atoms with Gasteiger partial charge in [0.2, 0.25) is 0 Å². The summed E-state index contributed by atoms with van der Waals surface area (Å²) in [5, 5.41) is 5.75. The van der Waals surface area contributed by atoms with E-state index >= 15 is 0 Å². The summed E-state index contributed by atoms with van der Waals surface area (Å²) in [5.41, 5.74) is 3.68. The molecule has 26 heavy (non-hydrogen) atoms. The van der Waals surface area contributed by atoms with Gasteiger partial charge in [0, 0.05) is 23.7 Å². The van der Waals surface area contributed by atoms with Gasteiger partial charge in [-0.1, -0.05) is 61.5 Å². The van der Waals surface area contributed by atoms with E-state index in [9.17, 15) is 4.55 Å². The molecule has 2 aromatic rings. The average molecular weight is 374 g/mol. The third-order valence-electron chi connectivity index (χ3n) is 4.97. The van der Waals surface area contributed by atoms with Crippen LogP contribution < -0.4 is 5.14 Å². The highest BCUT2D eigenvalue weighted by atomic mass is 32.2.